The Labute approximate surface area is 104 Å². The molecule has 3 nitrogen and oxygen atoms in total. The van der Waals surface area contributed by atoms with Crippen LogP contribution in [0.2, 0.25) is 0 Å². The summed E-state index contributed by atoms with van der Waals surface area (Å²) >= 11 is 6.93. The summed E-state index contributed by atoms with van der Waals surface area (Å²) in [6, 6.07) is 0. The molecule has 0 aliphatic carbocycles. The zero-order valence-electron chi connectivity index (χ0n) is 8.41. The summed E-state index contributed by atoms with van der Waals surface area (Å²) < 4.78 is 38.2. The van der Waals surface area contributed by atoms with Crippen LogP contribution in [0.3, 0.4) is 0 Å². The molecule has 0 saturated carbocycles. The maximum Gasteiger partial charge on any atom is 0.419 e. The topological polar surface area (TPSA) is 30.7 Å². The Morgan fingerprint density at radius 2 is 2.18 bits per heavy atom. The standard InChI is InChI=1S/C9H7ClF3N3S/c10-1-7-5-17-8(15-7)4-16-3-6(2-14-16)9(11,12)13/h2-3,5H,1,4H2. The van der Waals surface area contributed by atoms with Crippen LogP contribution in [0.25, 0.3) is 0 Å². The number of nitrogens with zero attached hydrogens (tertiary/aromatic N) is 3. The van der Waals surface area contributed by atoms with Gasteiger partial charge in [0.1, 0.15) is 5.01 Å². The number of halogens is 4. The first-order valence-electron chi connectivity index (χ1n) is 4.58. The zero-order chi connectivity index (χ0) is 12.5. The number of hydrogen-bond donors (Lipinski definition) is 0. The van der Waals surface area contributed by atoms with Gasteiger partial charge in [0.25, 0.3) is 0 Å². The number of thiazole rings is 1. The van der Waals surface area contributed by atoms with E-state index < -0.39 is 11.7 Å². The molecule has 92 valence electrons. The van der Waals surface area contributed by atoms with Gasteiger partial charge in [0.2, 0.25) is 0 Å². The van der Waals surface area contributed by atoms with Crippen LogP contribution in [0, 0.1) is 0 Å². The molecule has 0 saturated heterocycles. The van der Waals surface area contributed by atoms with Gasteiger partial charge in [0.15, 0.2) is 0 Å². The van der Waals surface area contributed by atoms with Crippen molar-refractivity contribution < 1.29 is 13.2 Å². The normalized spacial score (nSPS) is 12.0. The van der Waals surface area contributed by atoms with Crippen molar-refractivity contribution >= 4 is 22.9 Å². The molecule has 0 radical (unpaired) electrons. The average molecular weight is 282 g/mol. The van der Waals surface area contributed by atoms with Crippen molar-refractivity contribution in [1.82, 2.24) is 14.8 Å². The second-order valence-electron chi connectivity index (χ2n) is 3.29. The van der Waals surface area contributed by atoms with E-state index >= 15 is 0 Å². The lowest BCUT2D eigenvalue weighted by Gasteiger charge is -2.00. The van der Waals surface area contributed by atoms with Gasteiger partial charge < -0.3 is 0 Å². The first-order chi connectivity index (χ1) is 7.99. The zero-order valence-corrected chi connectivity index (χ0v) is 9.98. The Bertz CT molecular complexity index is 506. The number of hydrogen-bond acceptors (Lipinski definition) is 3. The van der Waals surface area contributed by atoms with Gasteiger partial charge in [-0.05, 0) is 0 Å². The van der Waals surface area contributed by atoms with Crippen LogP contribution < -0.4 is 0 Å². The summed E-state index contributed by atoms with van der Waals surface area (Å²) in [4.78, 5) is 4.14. The molecule has 8 heteroatoms. The monoisotopic (exact) mass is 281 g/mol. The molecule has 17 heavy (non-hydrogen) atoms. The Kier molecular flexibility index (Phi) is 3.39. The molecule has 2 rings (SSSR count). The van der Waals surface area contributed by atoms with Crippen molar-refractivity contribution in [3.05, 3.63) is 34.0 Å². The molecule has 0 fully saturated rings. The summed E-state index contributed by atoms with van der Waals surface area (Å²) in [5, 5.41) is 6.10. The molecule has 0 amide bonds. The van der Waals surface area contributed by atoms with Crippen molar-refractivity contribution in [3.63, 3.8) is 0 Å². The number of alkyl halides is 4. The minimum atomic E-state index is -4.36. The average Bonchev–Trinajstić information content (AvgIpc) is 2.86. The highest BCUT2D eigenvalue weighted by atomic mass is 35.5. The first kappa shape index (κ1) is 12.4. The number of rotatable bonds is 3. The molecule has 2 aromatic rings. The molecule has 0 spiro atoms. The van der Waals surface area contributed by atoms with Crippen LogP contribution in [-0.4, -0.2) is 14.8 Å². The molecule has 0 atom stereocenters. The van der Waals surface area contributed by atoms with Gasteiger partial charge in [-0.25, -0.2) is 4.98 Å². The molecule has 2 aromatic heterocycles. The number of aromatic nitrogens is 3. The van der Waals surface area contributed by atoms with Crippen LogP contribution in [0.1, 0.15) is 16.3 Å². The third-order valence-electron chi connectivity index (χ3n) is 1.99. The first-order valence-corrected chi connectivity index (χ1v) is 5.99. The van der Waals surface area contributed by atoms with E-state index in [0.717, 1.165) is 18.1 Å². The molecule has 0 bridgehead atoms. The minimum absolute atomic E-state index is 0.220. The summed E-state index contributed by atoms with van der Waals surface area (Å²) in [7, 11) is 0. The van der Waals surface area contributed by atoms with E-state index in [0.29, 0.717) is 10.9 Å². The molecule has 0 aromatic carbocycles. The summed E-state index contributed by atoms with van der Waals surface area (Å²) in [6.07, 6.45) is -2.60. The van der Waals surface area contributed by atoms with Crippen molar-refractivity contribution in [2.75, 3.05) is 0 Å². The lowest BCUT2D eigenvalue weighted by Crippen LogP contribution is -2.04. The highest BCUT2D eigenvalue weighted by Gasteiger charge is 2.32. The SMILES string of the molecule is FC(F)(F)c1cnn(Cc2nc(CCl)cs2)c1. The van der Waals surface area contributed by atoms with E-state index in [1.54, 1.807) is 5.38 Å². The van der Waals surface area contributed by atoms with Crippen molar-refractivity contribution in [2.45, 2.75) is 18.6 Å². The lowest BCUT2D eigenvalue weighted by atomic mass is 10.4. The summed E-state index contributed by atoms with van der Waals surface area (Å²) in [5.74, 6) is 0.295. The second-order valence-corrected chi connectivity index (χ2v) is 4.50. The third kappa shape index (κ3) is 2.98. The fraction of sp³-hybridized carbons (Fsp3) is 0.333. The van der Waals surface area contributed by atoms with E-state index in [-0.39, 0.29) is 6.54 Å². The van der Waals surface area contributed by atoms with E-state index in [9.17, 15) is 13.2 Å². The van der Waals surface area contributed by atoms with Crippen molar-refractivity contribution in [1.29, 1.82) is 0 Å². The summed E-state index contributed by atoms with van der Waals surface area (Å²) in [5.41, 5.74) is -0.0403. The molecule has 0 unspecified atom stereocenters. The van der Waals surface area contributed by atoms with Gasteiger partial charge in [-0.2, -0.15) is 18.3 Å². The predicted molar refractivity (Wildman–Crippen MR) is 58.0 cm³/mol. The van der Waals surface area contributed by atoms with Crippen LogP contribution >= 0.6 is 22.9 Å². The molecule has 0 aliphatic rings. The molecular formula is C9H7ClF3N3S. The molecule has 2 heterocycles. The smallest absolute Gasteiger partial charge is 0.265 e. The lowest BCUT2D eigenvalue weighted by molar-refractivity contribution is -0.137. The fourth-order valence-corrected chi connectivity index (χ4v) is 2.23. The van der Waals surface area contributed by atoms with E-state index in [2.05, 4.69) is 10.1 Å². The van der Waals surface area contributed by atoms with Gasteiger partial charge >= 0.3 is 6.18 Å². The molecular weight excluding hydrogens is 275 g/mol. The van der Waals surface area contributed by atoms with Crippen molar-refractivity contribution in [2.24, 2.45) is 0 Å². The Morgan fingerprint density at radius 3 is 2.71 bits per heavy atom. The minimum Gasteiger partial charge on any atom is -0.265 e. The van der Waals surface area contributed by atoms with Gasteiger partial charge in [-0.3, -0.25) is 4.68 Å². The maximum atomic E-state index is 12.3. The Morgan fingerprint density at radius 1 is 1.41 bits per heavy atom. The van der Waals surface area contributed by atoms with Gasteiger partial charge in [0, 0.05) is 11.6 Å². The van der Waals surface area contributed by atoms with E-state index in [1.807, 2.05) is 0 Å². The Hall–Kier alpha value is -1.08. The second kappa shape index (κ2) is 4.66. The van der Waals surface area contributed by atoms with Crippen LogP contribution in [0.5, 0.6) is 0 Å². The summed E-state index contributed by atoms with van der Waals surface area (Å²) in [6.45, 7) is 0.220. The van der Waals surface area contributed by atoms with Crippen LogP contribution in [0.15, 0.2) is 17.8 Å². The fourth-order valence-electron chi connectivity index (χ4n) is 1.22. The Balaban J connectivity index is 2.11. The molecule has 0 aliphatic heterocycles. The van der Waals surface area contributed by atoms with E-state index in [4.69, 9.17) is 11.6 Å². The predicted octanol–water partition coefficient (Wildman–Crippen LogP) is 3.15. The quantitative estimate of drug-likeness (QED) is 0.809. The van der Waals surface area contributed by atoms with Gasteiger partial charge in [0.05, 0.1) is 29.9 Å². The highest BCUT2D eigenvalue weighted by Crippen LogP contribution is 2.28. The van der Waals surface area contributed by atoms with Crippen molar-refractivity contribution in [3.8, 4) is 0 Å². The highest BCUT2D eigenvalue weighted by molar-refractivity contribution is 7.09. The van der Waals surface area contributed by atoms with Crippen LogP contribution in [-0.2, 0) is 18.6 Å². The maximum absolute atomic E-state index is 12.3. The van der Waals surface area contributed by atoms with E-state index in [1.165, 1.54) is 16.0 Å². The van der Waals surface area contributed by atoms with Gasteiger partial charge in [-0.15, -0.1) is 22.9 Å². The third-order valence-corrected chi connectivity index (χ3v) is 3.15. The van der Waals surface area contributed by atoms with Gasteiger partial charge in [-0.1, -0.05) is 0 Å². The largest absolute Gasteiger partial charge is 0.419 e. The molecule has 0 N–H and O–H groups in total. The van der Waals surface area contributed by atoms with Crippen LogP contribution in [0.4, 0.5) is 13.2 Å².